The van der Waals surface area contributed by atoms with Gasteiger partial charge >= 0.3 is 6.61 Å². The molecule has 0 fully saturated rings. The molecular formula is C11H9F3N4OS. The highest BCUT2D eigenvalue weighted by Crippen LogP contribution is 2.18. The molecule has 5 nitrogen and oxygen atoms in total. The lowest BCUT2D eigenvalue weighted by Crippen LogP contribution is -2.03. The highest BCUT2D eigenvalue weighted by molar-refractivity contribution is 7.14. The Morgan fingerprint density at radius 2 is 2.25 bits per heavy atom. The van der Waals surface area contributed by atoms with Gasteiger partial charge in [0.1, 0.15) is 17.4 Å². The maximum atomic E-state index is 13.4. The molecule has 0 bridgehead atoms. The van der Waals surface area contributed by atoms with E-state index in [2.05, 4.69) is 20.2 Å². The first-order valence-electron chi connectivity index (χ1n) is 5.29. The van der Waals surface area contributed by atoms with Gasteiger partial charge in [-0.15, -0.1) is 11.3 Å². The molecule has 1 heterocycles. The Balaban J connectivity index is 2.07. The molecule has 20 heavy (non-hydrogen) atoms. The summed E-state index contributed by atoms with van der Waals surface area (Å²) >= 11 is 1.22. The van der Waals surface area contributed by atoms with Gasteiger partial charge in [-0.25, -0.2) is 9.37 Å². The molecule has 0 unspecified atom stereocenters. The van der Waals surface area contributed by atoms with E-state index < -0.39 is 12.4 Å². The standard InChI is InChI=1S/C11H9F3N4OS/c12-8-2-1-7(19-10(13)14)3-6(8)4-16-18-11-17-9(15)5-20-11/h1-5,10H,15H2,(H,17,18). The summed E-state index contributed by atoms with van der Waals surface area (Å²) in [5.41, 5.74) is 7.95. The second-order valence-electron chi connectivity index (χ2n) is 3.51. The van der Waals surface area contributed by atoms with Crippen molar-refractivity contribution in [2.75, 3.05) is 11.2 Å². The summed E-state index contributed by atoms with van der Waals surface area (Å²) < 4.78 is 41.7. The molecule has 1 aromatic heterocycles. The third kappa shape index (κ3) is 3.85. The largest absolute Gasteiger partial charge is 0.435 e. The minimum Gasteiger partial charge on any atom is -0.435 e. The van der Waals surface area contributed by atoms with Gasteiger partial charge in [0.15, 0.2) is 0 Å². The molecule has 3 N–H and O–H groups in total. The van der Waals surface area contributed by atoms with Gasteiger partial charge in [-0.2, -0.15) is 13.9 Å². The predicted molar refractivity (Wildman–Crippen MR) is 70.8 cm³/mol. The lowest BCUT2D eigenvalue weighted by atomic mass is 10.2. The predicted octanol–water partition coefficient (Wildman–Crippen LogP) is 2.91. The number of thiazole rings is 1. The van der Waals surface area contributed by atoms with Crippen molar-refractivity contribution in [1.29, 1.82) is 0 Å². The molecule has 0 aliphatic carbocycles. The first-order chi connectivity index (χ1) is 9.54. The van der Waals surface area contributed by atoms with E-state index in [4.69, 9.17) is 5.73 Å². The number of halogens is 3. The second-order valence-corrected chi connectivity index (χ2v) is 4.37. The van der Waals surface area contributed by atoms with Crippen LogP contribution in [0.4, 0.5) is 24.1 Å². The minimum atomic E-state index is -2.97. The third-order valence-corrected chi connectivity index (χ3v) is 2.84. The minimum absolute atomic E-state index is 0.000165. The van der Waals surface area contributed by atoms with Gasteiger partial charge in [0.05, 0.1) is 6.21 Å². The van der Waals surface area contributed by atoms with E-state index >= 15 is 0 Å². The molecule has 0 atom stereocenters. The number of hydrogen-bond acceptors (Lipinski definition) is 6. The number of aromatic nitrogens is 1. The van der Waals surface area contributed by atoms with Crippen LogP contribution in [0, 0.1) is 5.82 Å². The fourth-order valence-corrected chi connectivity index (χ4v) is 1.84. The van der Waals surface area contributed by atoms with Crippen molar-refractivity contribution in [2.24, 2.45) is 5.10 Å². The van der Waals surface area contributed by atoms with Crippen LogP contribution in [0.15, 0.2) is 28.7 Å². The van der Waals surface area contributed by atoms with Crippen LogP contribution in [0.5, 0.6) is 5.75 Å². The second kappa shape index (κ2) is 6.24. The van der Waals surface area contributed by atoms with Gasteiger partial charge in [-0.3, -0.25) is 5.43 Å². The summed E-state index contributed by atoms with van der Waals surface area (Å²) in [5, 5.41) is 5.78. The van der Waals surface area contributed by atoms with E-state index in [1.165, 1.54) is 11.3 Å². The van der Waals surface area contributed by atoms with E-state index in [1.54, 1.807) is 5.38 Å². The van der Waals surface area contributed by atoms with Crippen molar-refractivity contribution in [3.63, 3.8) is 0 Å². The topological polar surface area (TPSA) is 72.5 Å². The zero-order chi connectivity index (χ0) is 14.5. The van der Waals surface area contributed by atoms with Crippen LogP contribution in [-0.4, -0.2) is 17.8 Å². The molecule has 0 saturated carbocycles. The van der Waals surface area contributed by atoms with Crippen molar-refractivity contribution in [1.82, 2.24) is 4.98 Å². The summed E-state index contributed by atoms with van der Waals surface area (Å²) in [6.45, 7) is -2.97. The number of anilines is 2. The van der Waals surface area contributed by atoms with Crippen LogP contribution in [0.3, 0.4) is 0 Å². The number of ether oxygens (including phenoxy) is 1. The molecule has 0 saturated heterocycles. The molecule has 9 heteroatoms. The van der Waals surface area contributed by atoms with E-state index in [1.807, 2.05) is 0 Å². The maximum absolute atomic E-state index is 13.4. The van der Waals surface area contributed by atoms with Crippen molar-refractivity contribution < 1.29 is 17.9 Å². The number of nitrogen functional groups attached to an aromatic ring is 1. The normalized spacial score (nSPS) is 11.2. The van der Waals surface area contributed by atoms with Gasteiger partial charge in [0, 0.05) is 10.9 Å². The molecular weight excluding hydrogens is 293 g/mol. The molecule has 0 spiro atoms. The zero-order valence-corrected chi connectivity index (χ0v) is 10.7. The monoisotopic (exact) mass is 302 g/mol. The Morgan fingerprint density at radius 1 is 1.45 bits per heavy atom. The lowest BCUT2D eigenvalue weighted by molar-refractivity contribution is -0.0498. The first kappa shape index (κ1) is 14.1. The number of nitrogens with two attached hydrogens (primary N) is 1. The van der Waals surface area contributed by atoms with Crippen molar-refractivity contribution >= 4 is 28.5 Å². The molecule has 0 aliphatic rings. The van der Waals surface area contributed by atoms with Crippen LogP contribution in [0.2, 0.25) is 0 Å². The Morgan fingerprint density at radius 3 is 2.90 bits per heavy atom. The van der Waals surface area contributed by atoms with E-state index in [0.29, 0.717) is 10.9 Å². The van der Waals surface area contributed by atoms with Crippen LogP contribution < -0.4 is 15.9 Å². The fourth-order valence-electron chi connectivity index (χ4n) is 1.29. The van der Waals surface area contributed by atoms with Crippen LogP contribution >= 0.6 is 11.3 Å². The lowest BCUT2D eigenvalue weighted by Gasteiger charge is -2.05. The number of nitrogens with one attached hydrogen (secondary N) is 1. The summed E-state index contributed by atoms with van der Waals surface area (Å²) in [5.74, 6) is -0.427. The van der Waals surface area contributed by atoms with E-state index in [9.17, 15) is 13.2 Å². The molecule has 106 valence electrons. The molecule has 1 aromatic carbocycles. The summed E-state index contributed by atoms with van der Waals surface area (Å²) in [4.78, 5) is 3.88. The number of rotatable bonds is 5. The van der Waals surface area contributed by atoms with Gasteiger partial charge in [0.2, 0.25) is 5.13 Å². The van der Waals surface area contributed by atoms with Crippen molar-refractivity contribution in [3.05, 3.63) is 35.0 Å². The summed E-state index contributed by atoms with van der Waals surface area (Å²) in [7, 11) is 0. The molecule has 2 rings (SSSR count). The van der Waals surface area contributed by atoms with Crippen LogP contribution in [0.25, 0.3) is 0 Å². The van der Waals surface area contributed by atoms with Crippen molar-refractivity contribution in [3.8, 4) is 5.75 Å². The average molecular weight is 302 g/mol. The van der Waals surface area contributed by atoms with Crippen molar-refractivity contribution in [2.45, 2.75) is 6.61 Å². The third-order valence-electron chi connectivity index (χ3n) is 2.08. The Kier molecular flexibility index (Phi) is 4.41. The zero-order valence-electron chi connectivity index (χ0n) is 9.89. The van der Waals surface area contributed by atoms with Crippen LogP contribution in [0.1, 0.15) is 5.56 Å². The molecule has 0 amide bonds. The Bertz CT molecular complexity index is 617. The average Bonchev–Trinajstić information content (AvgIpc) is 2.78. The van der Waals surface area contributed by atoms with Crippen LogP contribution in [-0.2, 0) is 0 Å². The van der Waals surface area contributed by atoms with E-state index in [-0.39, 0.29) is 11.3 Å². The molecule has 0 radical (unpaired) electrons. The molecule has 0 aliphatic heterocycles. The number of alkyl halides is 2. The highest BCUT2D eigenvalue weighted by Gasteiger charge is 2.07. The number of benzene rings is 1. The SMILES string of the molecule is Nc1csc(NN=Cc2cc(OC(F)F)ccc2F)n1. The van der Waals surface area contributed by atoms with Gasteiger partial charge in [-0.1, -0.05) is 0 Å². The Hall–Kier alpha value is -2.29. The first-order valence-corrected chi connectivity index (χ1v) is 6.17. The fraction of sp³-hybridized carbons (Fsp3) is 0.0909. The highest BCUT2D eigenvalue weighted by atomic mass is 32.1. The Labute approximate surface area is 115 Å². The van der Waals surface area contributed by atoms with Gasteiger partial charge in [-0.05, 0) is 18.2 Å². The van der Waals surface area contributed by atoms with E-state index in [0.717, 1.165) is 24.4 Å². The maximum Gasteiger partial charge on any atom is 0.387 e. The summed E-state index contributed by atoms with van der Waals surface area (Å²) in [6, 6.07) is 3.23. The van der Waals surface area contributed by atoms with Gasteiger partial charge < -0.3 is 10.5 Å². The molecule has 2 aromatic rings. The summed E-state index contributed by atoms with van der Waals surface area (Å²) in [6.07, 6.45) is 1.13. The number of nitrogens with zero attached hydrogens (tertiary/aromatic N) is 2. The quantitative estimate of drug-likeness (QED) is 0.658. The number of hydrazone groups is 1. The van der Waals surface area contributed by atoms with Gasteiger partial charge in [0.25, 0.3) is 0 Å². The smallest absolute Gasteiger partial charge is 0.387 e. The number of hydrogen-bond donors (Lipinski definition) is 2.